The highest BCUT2D eigenvalue weighted by Gasteiger charge is 2.32. The van der Waals surface area contributed by atoms with Gasteiger partial charge in [0.25, 0.3) is 5.69 Å². The molecule has 2 rings (SSSR count). The van der Waals surface area contributed by atoms with Crippen molar-refractivity contribution in [2.75, 3.05) is 31.1 Å². The minimum Gasteiger partial charge on any atom is -0.355 e. The third-order valence-corrected chi connectivity index (χ3v) is 3.34. The summed E-state index contributed by atoms with van der Waals surface area (Å²) in [7, 11) is 0. The summed E-state index contributed by atoms with van der Waals surface area (Å²) in [6, 6.07) is 2.85. The largest absolute Gasteiger partial charge is 0.355 e. The number of halogens is 1. The molecule has 2 N–H and O–H groups in total. The van der Waals surface area contributed by atoms with Crippen LogP contribution in [0.1, 0.15) is 6.92 Å². The summed E-state index contributed by atoms with van der Waals surface area (Å²) in [5.41, 5.74) is -0.0645. The number of benzene rings is 1. The van der Waals surface area contributed by atoms with E-state index in [0.29, 0.717) is 26.2 Å². The zero-order valence-electron chi connectivity index (χ0n) is 11.6. The summed E-state index contributed by atoms with van der Waals surface area (Å²) in [4.78, 5) is 24.2. The molecule has 1 aliphatic rings. The smallest absolute Gasteiger partial charge is 0.295 e. The quantitative estimate of drug-likeness (QED) is 0.629. The maximum atomic E-state index is 13.2. The number of amides is 1. The third-order valence-electron chi connectivity index (χ3n) is 3.34. The fourth-order valence-corrected chi connectivity index (χ4v) is 2.40. The lowest BCUT2D eigenvalue weighted by atomic mass is 10.1. The van der Waals surface area contributed by atoms with Crippen molar-refractivity contribution < 1.29 is 14.1 Å². The van der Waals surface area contributed by atoms with E-state index in [1.807, 2.05) is 0 Å². The van der Waals surface area contributed by atoms with Crippen LogP contribution < -0.4 is 15.5 Å². The fraction of sp³-hybridized carbons (Fsp3) is 0.462. The van der Waals surface area contributed by atoms with Crippen LogP contribution in [0.15, 0.2) is 18.2 Å². The Bertz CT molecular complexity index is 552. The summed E-state index contributed by atoms with van der Waals surface area (Å²) in [5, 5.41) is 16.9. The number of piperazine rings is 1. The highest BCUT2D eigenvalue weighted by molar-refractivity contribution is 5.86. The van der Waals surface area contributed by atoms with Crippen molar-refractivity contribution in [2.45, 2.75) is 13.0 Å². The maximum Gasteiger partial charge on any atom is 0.295 e. The second kappa shape index (κ2) is 6.49. The molecule has 8 heteroatoms. The number of hydrogen-bond acceptors (Lipinski definition) is 5. The molecule has 1 aromatic carbocycles. The molecule has 114 valence electrons. The Morgan fingerprint density at radius 2 is 2.38 bits per heavy atom. The van der Waals surface area contributed by atoms with Crippen molar-refractivity contribution >= 4 is 17.3 Å². The van der Waals surface area contributed by atoms with Crippen molar-refractivity contribution in [3.8, 4) is 0 Å². The van der Waals surface area contributed by atoms with E-state index < -0.39 is 16.8 Å². The molecule has 1 heterocycles. The minimum absolute atomic E-state index is 0.205. The van der Waals surface area contributed by atoms with E-state index in [1.54, 1.807) is 11.8 Å². The molecule has 21 heavy (non-hydrogen) atoms. The van der Waals surface area contributed by atoms with Crippen LogP contribution >= 0.6 is 0 Å². The predicted molar refractivity (Wildman–Crippen MR) is 75.7 cm³/mol. The molecule has 0 bridgehead atoms. The Hall–Kier alpha value is -2.22. The SMILES string of the molecule is CCNC(=O)C1CNCCN1c1ccc(F)cc1[N+](=O)[O-]. The lowest BCUT2D eigenvalue weighted by molar-refractivity contribution is -0.384. The summed E-state index contributed by atoms with van der Waals surface area (Å²) < 4.78 is 13.2. The van der Waals surface area contributed by atoms with Crippen LogP contribution in [-0.4, -0.2) is 43.1 Å². The molecule has 1 amide bonds. The minimum atomic E-state index is -0.671. The van der Waals surface area contributed by atoms with Gasteiger partial charge in [-0.15, -0.1) is 0 Å². The standard InChI is InChI=1S/C13H17FN4O3/c1-2-16-13(19)12-8-15-5-6-17(12)10-4-3-9(14)7-11(10)18(20)21/h3-4,7,12,15H,2,5-6,8H2,1H3,(H,16,19). The summed E-state index contributed by atoms with van der Waals surface area (Å²) in [6.45, 7) is 3.71. The molecule has 1 atom stereocenters. The summed E-state index contributed by atoms with van der Waals surface area (Å²) in [5.74, 6) is -0.876. The first-order valence-corrected chi connectivity index (χ1v) is 6.73. The Kier molecular flexibility index (Phi) is 4.69. The van der Waals surface area contributed by atoms with Crippen LogP contribution in [0.5, 0.6) is 0 Å². The molecule has 7 nitrogen and oxygen atoms in total. The average molecular weight is 296 g/mol. The Morgan fingerprint density at radius 3 is 3.05 bits per heavy atom. The average Bonchev–Trinajstić information content (AvgIpc) is 2.47. The van der Waals surface area contributed by atoms with Crippen LogP contribution in [0.4, 0.5) is 15.8 Å². The lowest BCUT2D eigenvalue weighted by Crippen LogP contribution is -2.58. The molecule has 0 radical (unpaired) electrons. The third kappa shape index (κ3) is 3.27. The molecule has 0 saturated carbocycles. The van der Waals surface area contributed by atoms with E-state index in [2.05, 4.69) is 10.6 Å². The van der Waals surface area contributed by atoms with Crippen LogP contribution in [0, 0.1) is 15.9 Å². The van der Waals surface area contributed by atoms with Crippen molar-refractivity contribution in [3.63, 3.8) is 0 Å². The van der Waals surface area contributed by atoms with E-state index in [0.717, 1.165) is 6.07 Å². The number of carbonyl (C=O) groups is 1. The molecule has 0 aliphatic carbocycles. The summed E-state index contributed by atoms with van der Waals surface area (Å²) >= 11 is 0. The van der Waals surface area contributed by atoms with E-state index in [4.69, 9.17) is 0 Å². The van der Waals surface area contributed by atoms with E-state index in [1.165, 1.54) is 12.1 Å². The van der Waals surface area contributed by atoms with Crippen molar-refractivity contribution in [3.05, 3.63) is 34.1 Å². The Labute approximate surface area is 121 Å². The van der Waals surface area contributed by atoms with Gasteiger partial charge in [-0.3, -0.25) is 14.9 Å². The number of rotatable bonds is 4. The van der Waals surface area contributed by atoms with E-state index in [-0.39, 0.29) is 17.3 Å². The predicted octanol–water partition coefficient (Wildman–Crippen LogP) is 0.648. The Balaban J connectivity index is 2.37. The molecule has 1 saturated heterocycles. The van der Waals surface area contributed by atoms with Crippen molar-refractivity contribution in [2.24, 2.45) is 0 Å². The highest BCUT2D eigenvalue weighted by atomic mass is 19.1. The van der Waals surface area contributed by atoms with E-state index in [9.17, 15) is 19.3 Å². The first-order chi connectivity index (χ1) is 10.0. The van der Waals surface area contributed by atoms with Crippen LogP contribution in [0.25, 0.3) is 0 Å². The van der Waals surface area contributed by atoms with Gasteiger partial charge >= 0.3 is 0 Å². The highest BCUT2D eigenvalue weighted by Crippen LogP contribution is 2.30. The van der Waals surface area contributed by atoms with Crippen LogP contribution in [-0.2, 0) is 4.79 Å². The zero-order valence-corrected chi connectivity index (χ0v) is 11.6. The van der Waals surface area contributed by atoms with E-state index >= 15 is 0 Å². The lowest BCUT2D eigenvalue weighted by Gasteiger charge is -2.36. The van der Waals surface area contributed by atoms with Gasteiger partial charge in [0.15, 0.2) is 0 Å². The number of anilines is 1. The summed E-state index contributed by atoms with van der Waals surface area (Å²) in [6.07, 6.45) is 0. The Morgan fingerprint density at radius 1 is 1.62 bits per heavy atom. The number of carbonyl (C=O) groups excluding carboxylic acids is 1. The number of nitrogens with zero attached hydrogens (tertiary/aromatic N) is 2. The molecule has 1 fully saturated rings. The van der Waals surface area contributed by atoms with Gasteiger partial charge in [0.1, 0.15) is 17.5 Å². The van der Waals surface area contributed by atoms with Crippen LogP contribution in [0.3, 0.4) is 0 Å². The van der Waals surface area contributed by atoms with Gasteiger partial charge < -0.3 is 15.5 Å². The molecule has 1 aromatic rings. The van der Waals surface area contributed by atoms with Gasteiger partial charge in [-0.2, -0.15) is 0 Å². The number of likely N-dealkylation sites (N-methyl/N-ethyl adjacent to an activating group) is 1. The first kappa shape index (κ1) is 15.2. The number of hydrogen-bond donors (Lipinski definition) is 2. The normalized spacial score (nSPS) is 18.4. The van der Waals surface area contributed by atoms with Gasteiger partial charge in [0, 0.05) is 26.2 Å². The fourth-order valence-electron chi connectivity index (χ4n) is 2.40. The molecular weight excluding hydrogens is 279 g/mol. The first-order valence-electron chi connectivity index (χ1n) is 6.73. The van der Waals surface area contributed by atoms with Gasteiger partial charge in [0.2, 0.25) is 5.91 Å². The van der Waals surface area contributed by atoms with Gasteiger partial charge in [-0.25, -0.2) is 4.39 Å². The van der Waals surface area contributed by atoms with Crippen molar-refractivity contribution in [1.82, 2.24) is 10.6 Å². The molecule has 1 unspecified atom stereocenters. The topological polar surface area (TPSA) is 87.5 Å². The monoisotopic (exact) mass is 296 g/mol. The zero-order chi connectivity index (χ0) is 15.4. The second-order valence-electron chi connectivity index (χ2n) is 4.70. The number of nitro benzene ring substituents is 1. The molecule has 0 aromatic heterocycles. The molecular formula is C13H17FN4O3. The second-order valence-corrected chi connectivity index (χ2v) is 4.70. The molecule has 1 aliphatic heterocycles. The maximum absolute atomic E-state index is 13.2. The van der Waals surface area contributed by atoms with Crippen molar-refractivity contribution in [1.29, 1.82) is 0 Å². The number of nitro groups is 1. The van der Waals surface area contributed by atoms with Gasteiger partial charge in [-0.1, -0.05) is 0 Å². The van der Waals surface area contributed by atoms with Gasteiger partial charge in [-0.05, 0) is 19.1 Å². The van der Waals surface area contributed by atoms with Gasteiger partial charge in [0.05, 0.1) is 11.0 Å². The number of nitrogens with one attached hydrogen (secondary N) is 2. The van der Waals surface area contributed by atoms with Crippen LogP contribution in [0.2, 0.25) is 0 Å². The molecule has 0 spiro atoms.